The maximum absolute atomic E-state index is 14.2. The average Bonchev–Trinajstić information content (AvgIpc) is 4.12. The number of carbonyl (C=O) groups excluding carboxylic acids is 2. The van der Waals surface area contributed by atoms with E-state index < -0.39 is 60.7 Å². The number of amides is 2. The van der Waals surface area contributed by atoms with E-state index in [0.717, 1.165) is 24.3 Å². The Balaban J connectivity index is 0.000000204. The zero-order chi connectivity index (χ0) is 50.4. The van der Waals surface area contributed by atoms with E-state index in [1.165, 1.54) is 30.3 Å². The Morgan fingerprint density at radius 2 is 1.04 bits per heavy atom. The first-order valence-electron chi connectivity index (χ1n) is 19.6. The van der Waals surface area contributed by atoms with Crippen LogP contribution in [0.2, 0.25) is 30.1 Å². The monoisotopic (exact) mass is 1140 g/mol. The quantitative estimate of drug-likeness (QED) is 0.131. The lowest BCUT2D eigenvalue weighted by molar-refractivity contribution is -0.276. The second kappa shape index (κ2) is 20.0. The van der Waals surface area contributed by atoms with Gasteiger partial charge in [0.05, 0.1) is 54.4 Å². The van der Waals surface area contributed by atoms with Crippen molar-refractivity contribution in [2.24, 2.45) is 20.6 Å². The minimum atomic E-state index is -4.86. The van der Waals surface area contributed by atoms with Crippen molar-refractivity contribution in [2.75, 3.05) is 0 Å². The molecule has 4 aromatic rings. The SMILES string of the molecule is Cc1cc(C2=NO[C@@](c3cc(Cl)c(Cl)c(Cl)c3)(C(F)(F)F)C2)ccc1C(=O)NC1CC(Br)=NO1.Cc1cc(C2=NO[C@@](c3cc(Cl)c(Cl)c(Cl)c3)(C(F)(F)F)C2)ccc1C(=O)NC1CC(C#N)=NO1. The van der Waals surface area contributed by atoms with E-state index in [2.05, 4.69) is 47.2 Å². The first-order valence-corrected chi connectivity index (χ1v) is 22.7. The fourth-order valence-electron chi connectivity index (χ4n) is 7.28. The fourth-order valence-corrected chi connectivity index (χ4v) is 8.85. The lowest BCUT2D eigenvalue weighted by Crippen LogP contribution is -2.42. The molecule has 0 radical (unpaired) electrons. The van der Waals surface area contributed by atoms with E-state index in [-0.39, 0.29) is 70.4 Å². The number of oxime groups is 4. The first-order chi connectivity index (χ1) is 32.4. The molecule has 2 N–H and O–H groups in total. The Labute approximate surface area is 425 Å². The highest BCUT2D eigenvalue weighted by Crippen LogP contribution is 2.52. The van der Waals surface area contributed by atoms with Crippen LogP contribution < -0.4 is 10.6 Å². The van der Waals surface area contributed by atoms with Crippen molar-refractivity contribution in [3.05, 3.63) is 135 Å². The van der Waals surface area contributed by atoms with E-state index in [9.17, 15) is 35.9 Å². The van der Waals surface area contributed by atoms with Crippen LogP contribution in [0.5, 0.6) is 0 Å². The first kappa shape index (κ1) is 51.8. The molecule has 0 bridgehead atoms. The molecule has 2 amide bonds. The van der Waals surface area contributed by atoms with Gasteiger partial charge in [0.15, 0.2) is 5.71 Å². The highest BCUT2D eigenvalue weighted by molar-refractivity contribution is 9.18. The zero-order valence-corrected chi connectivity index (χ0v) is 41.0. The van der Waals surface area contributed by atoms with Gasteiger partial charge in [0.1, 0.15) is 10.7 Å². The van der Waals surface area contributed by atoms with Crippen molar-refractivity contribution in [3.8, 4) is 6.07 Å². The molecule has 2 unspecified atom stereocenters. The Morgan fingerprint density at radius 1 is 0.652 bits per heavy atom. The lowest BCUT2D eigenvalue weighted by Gasteiger charge is -2.30. The van der Waals surface area contributed by atoms with Gasteiger partial charge in [0, 0.05) is 35.1 Å². The molecule has 0 saturated carbocycles. The number of aryl methyl sites for hydroxylation is 2. The summed E-state index contributed by atoms with van der Waals surface area (Å²) >= 11 is 38.8. The summed E-state index contributed by atoms with van der Waals surface area (Å²) in [6, 6.07) is 15.1. The maximum Gasteiger partial charge on any atom is 0.435 e. The van der Waals surface area contributed by atoms with E-state index in [0.29, 0.717) is 38.9 Å². The van der Waals surface area contributed by atoms with E-state index in [1.54, 1.807) is 19.9 Å². The second-order valence-corrected chi connectivity index (χ2v) is 18.8. The molecule has 0 aliphatic carbocycles. The summed E-state index contributed by atoms with van der Waals surface area (Å²) in [6.07, 6.45) is -11.9. The molecule has 26 heteroatoms. The second-order valence-electron chi connectivity index (χ2n) is 15.5. The van der Waals surface area contributed by atoms with Gasteiger partial charge >= 0.3 is 12.4 Å². The zero-order valence-electron chi connectivity index (χ0n) is 34.9. The van der Waals surface area contributed by atoms with Gasteiger partial charge in [-0.25, -0.2) is 0 Å². The van der Waals surface area contributed by atoms with Crippen LogP contribution in [0.25, 0.3) is 0 Å². The number of hydrogen-bond donors (Lipinski definition) is 2. The normalized spacial score (nSPS) is 21.8. The number of nitriles is 1. The molecule has 4 aliphatic rings. The summed E-state index contributed by atoms with van der Waals surface area (Å²) in [7, 11) is 0. The van der Waals surface area contributed by atoms with Crippen molar-refractivity contribution < 1.29 is 55.3 Å². The van der Waals surface area contributed by atoms with Gasteiger partial charge in [-0.2, -0.15) is 31.6 Å². The molecule has 4 heterocycles. The van der Waals surface area contributed by atoms with Crippen LogP contribution >= 0.6 is 85.5 Å². The number of nitrogens with one attached hydrogen (secondary N) is 2. The summed E-state index contributed by atoms with van der Waals surface area (Å²) in [4.78, 5) is 45.2. The molecule has 362 valence electrons. The highest BCUT2D eigenvalue weighted by atomic mass is 79.9. The van der Waals surface area contributed by atoms with E-state index in [4.69, 9.17) is 94.2 Å². The fraction of sp³-hybridized carbons (Fsp3) is 0.279. The predicted molar refractivity (Wildman–Crippen MR) is 249 cm³/mol. The average molecular weight is 1150 g/mol. The number of halogens is 13. The molecule has 0 aromatic heterocycles. The molecule has 0 fully saturated rings. The number of carbonyl (C=O) groups is 2. The summed E-state index contributed by atoms with van der Waals surface area (Å²) in [5.74, 6) is -0.903. The van der Waals surface area contributed by atoms with Crippen LogP contribution in [0.3, 0.4) is 0 Å². The van der Waals surface area contributed by atoms with Crippen LogP contribution in [0.1, 0.15) is 79.8 Å². The number of hydrogen-bond acceptors (Lipinski definition) is 11. The maximum atomic E-state index is 14.2. The molecule has 0 spiro atoms. The van der Waals surface area contributed by atoms with Crippen molar-refractivity contribution in [3.63, 3.8) is 0 Å². The smallest absolute Gasteiger partial charge is 0.374 e. The van der Waals surface area contributed by atoms with Crippen molar-refractivity contribution in [1.82, 2.24) is 10.6 Å². The molecule has 0 saturated heterocycles. The van der Waals surface area contributed by atoms with Gasteiger partial charge in [-0.3, -0.25) is 9.59 Å². The molecule has 4 aliphatic heterocycles. The van der Waals surface area contributed by atoms with Gasteiger partial charge in [0.25, 0.3) is 23.0 Å². The molecular weight excluding hydrogens is 1120 g/mol. The summed E-state index contributed by atoms with van der Waals surface area (Å²) < 4.78 is 86.0. The third-order valence-corrected chi connectivity index (χ3v) is 13.8. The predicted octanol–water partition coefficient (Wildman–Crippen LogP) is 12.6. The van der Waals surface area contributed by atoms with Gasteiger partial charge in [-0.05, 0) is 101 Å². The largest absolute Gasteiger partial charge is 0.435 e. The Hall–Kier alpha value is -5.01. The summed E-state index contributed by atoms with van der Waals surface area (Å²) in [5.41, 5.74) is -3.76. The van der Waals surface area contributed by atoms with Crippen LogP contribution in [0.15, 0.2) is 81.3 Å². The molecule has 13 nitrogen and oxygen atoms in total. The van der Waals surface area contributed by atoms with Crippen molar-refractivity contribution >= 4 is 119 Å². The Bertz CT molecular complexity index is 2910. The van der Waals surface area contributed by atoms with E-state index in [1.807, 2.05) is 6.07 Å². The van der Waals surface area contributed by atoms with Gasteiger partial charge in [0.2, 0.25) is 12.5 Å². The standard InChI is InChI=1S/C22H14Cl3F3N4O3.C21H14BrCl3F3N3O3/c1-10-4-11(2-3-14(10)20(33)30-18-7-13(9-29)31-34-18)17-8-21(35-32-17,22(26,27)28)12-5-15(23)19(25)16(24)6-12;1-9-4-10(2-3-12(9)19(32)29-17-7-16(22)31-33-17)15-8-20(34-30-15,21(26,27)28)11-5-13(23)18(25)14(24)6-11/h2-6,18H,7-8H2,1H3,(H,30,33);2-6,17H,7-8H2,1H3,(H,29,32)/t18?,21-;17?,20-/m00/s1. The minimum absolute atomic E-state index is 0.0192. The minimum Gasteiger partial charge on any atom is -0.374 e. The van der Waals surface area contributed by atoms with Crippen LogP contribution in [0, 0.1) is 25.2 Å². The van der Waals surface area contributed by atoms with Crippen molar-refractivity contribution in [2.45, 2.75) is 75.5 Å². The topological polar surface area (TPSA) is 168 Å². The van der Waals surface area contributed by atoms with Gasteiger partial charge in [-0.1, -0.05) is 102 Å². The van der Waals surface area contributed by atoms with Crippen LogP contribution in [0.4, 0.5) is 26.3 Å². The number of rotatable bonds is 8. The van der Waals surface area contributed by atoms with E-state index >= 15 is 0 Å². The van der Waals surface area contributed by atoms with Gasteiger partial charge < -0.3 is 30.0 Å². The Morgan fingerprint density at radius 3 is 1.38 bits per heavy atom. The van der Waals surface area contributed by atoms with Crippen LogP contribution in [-0.4, -0.2) is 58.4 Å². The molecule has 4 atom stereocenters. The molecule has 4 aromatic carbocycles. The molecule has 8 rings (SSSR count). The van der Waals surface area contributed by atoms with Crippen molar-refractivity contribution in [1.29, 1.82) is 5.26 Å². The number of nitrogens with zero attached hydrogens (tertiary/aromatic N) is 5. The van der Waals surface area contributed by atoms with Crippen LogP contribution in [-0.2, 0) is 30.6 Å². The Kier molecular flexibility index (Phi) is 15.0. The lowest BCUT2D eigenvalue weighted by atomic mass is 9.86. The summed E-state index contributed by atoms with van der Waals surface area (Å²) in [6.45, 7) is 3.28. The summed E-state index contributed by atoms with van der Waals surface area (Å²) in [5, 5.41) is 28.1. The highest BCUT2D eigenvalue weighted by Gasteiger charge is 2.63. The number of benzene rings is 4. The molecular formula is C43H28BrCl6F6N7O6. The van der Waals surface area contributed by atoms with Gasteiger partial charge in [-0.15, -0.1) is 0 Å². The third-order valence-electron chi connectivity index (χ3n) is 10.9. The third kappa shape index (κ3) is 10.6. The molecule has 69 heavy (non-hydrogen) atoms. The number of alkyl halides is 6.